The van der Waals surface area contributed by atoms with Gasteiger partial charge in [-0.15, -0.1) is 0 Å². The summed E-state index contributed by atoms with van der Waals surface area (Å²) in [6.45, 7) is 2.44. The summed E-state index contributed by atoms with van der Waals surface area (Å²) < 4.78 is 17.1. The lowest BCUT2D eigenvalue weighted by molar-refractivity contribution is -0.128. The number of carbonyl (C=O) groups is 2. The van der Waals surface area contributed by atoms with E-state index in [0.717, 1.165) is 12.8 Å². The highest BCUT2D eigenvalue weighted by Gasteiger charge is 2.34. The van der Waals surface area contributed by atoms with E-state index in [4.69, 9.17) is 14.2 Å². The summed E-state index contributed by atoms with van der Waals surface area (Å²) in [5.74, 6) is 1.51. The van der Waals surface area contributed by atoms with E-state index < -0.39 is 12.2 Å². The lowest BCUT2D eigenvalue weighted by Gasteiger charge is -2.31. The Morgan fingerprint density at radius 3 is 2.62 bits per heavy atom. The highest BCUT2D eigenvalue weighted by molar-refractivity contribution is 5.99. The highest BCUT2D eigenvalue weighted by Crippen LogP contribution is 2.35. The average Bonchev–Trinajstić information content (AvgIpc) is 2.73. The number of carbonyl (C=O) groups excluding carboxylic acids is 2. The topological polar surface area (TPSA) is 77.1 Å². The van der Waals surface area contributed by atoms with Gasteiger partial charge in [0, 0.05) is 18.7 Å². The standard InChI is InChI=1S/C22H24N2O5/c1-14-21(29-19-8-4-3-7-18(19)28-14)22(26)23-15-10-11-17(27-2)16(13-15)24-12-6-5-9-20(24)25/h3-4,7-8,10-11,13-14,21H,5-6,9,12H2,1-2H3,(H,23,26)/t14-,21+/m0/s1. The normalized spacial score (nSPS) is 20.9. The SMILES string of the molecule is COc1ccc(NC(=O)[C@@H]2Oc3ccccc3O[C@H]2C)cc1N1CCCCC1=O. The number of fused-ring (bicyclic) bond motifs is 1. The molecule has 7 heteroatoms. The van der Waals surface area contributed by atoms with E-state index in [1.807, 2.05) is 18.2 Å². The number of anilines is 2. The summed E-state index contributed by atoms with van der Waals surface area (Å²) in [6, 6.07) is 12.5. The Balaban J connectivity index is 1.54. The van der Waals surface area contributed by atoms with Gasteiger partial charge in [0.15, 0.2) is 11.5 Å². The molecule has 0 aliphatic carbocycles. The molecular formula is C22H24N2O5. The summed E-state index contributed by atoms with van der Waals surface area (Å²) in [5, 5.41) is 2.88. The van der Waals surface area contributed by atoms with Gasteiger partial charge in [-0.05, 0) is 50.1 Å². The van der Waals surface area contributed by atoms with Crippen molar-refractivity contribution in [2.75, 3.05) is 23.9 Å². The number of nitrogens with one attached hydrogen (secondary N) is 1. The van der Waals surface area contributed by atoms with Crippen LogP contribution in [-0.4, -0.2) is 37.7 Å². The maximum Gasteiger partial charge on any atom is 0.269 e. The number of methoxy groups -OCH3 is 1. The Morgan fingerprint density at radius 2 is 1.90 bits per heavy atom. The molecule has 1 N–H and O–H groups in total. The van der Waals surface area contributed by atoms with Crippen molar-refractivity contribution in [1.82, 2.24) is 0 Å². The van der Waals surface area contributed by atoms with Crippen LogP contribution in [0.3, 0.4) is 0 Å². The number of para-hydroxylation sites is 2. The number of benzene rings is 2. The van der Waals surface area contributed by atoms with Gasteiger partial charge < -0.3 is 24.4 Å². The zero-order chi connectivity index (χ0) is 20.4. The van der Waals surface area contributed by atoms with Crippen molar-refractivity contribution in [2.24, 2.45) is 0 Å². The second kappa shape index (κ2) is 8.03. The molecule has 2 atom stereocenters. The number of hydrogen-bond donors (Lipinski definition) is 1. The van der Waals surface area contributed by atoms with Gasteiger partial charge in [0.1, 0.15) is 11.9 Å². The quantitative estimate of drug-likeness (QED) is 0.857. The minimum Gasteiger partial charge on any atom is -0.495 e. The summed E-state index contributed by atoms with van der Waals surface area (Å²) in [5.41, 5.74) is 1.23. The number of nitrogens with zero attached hydrogens (tertiary/aromatic N) is 1. The zero-order valence-electron chi connectivity index (χ0n) is 16.5. The van der Waals surface area contributed by atoms with Crippen LogP contribution in [0.15, 0.2) is 42.5 Å². The summed E-state index contributed by atoms with van der Waals surface area (Å²) in [7, 11) is 1.57. The highest BCUT2D eigenvalue weighted by atomic mass is 16.6. The molecule has 7 nitrogen and oxygen atoms in total. The van der Waals surface area contributed by atoms with Crippen LogP contribution in [0.4, 0.5) is 11.4 Å². The van der Waals surface area contributed by atoms with Crippen LogP contribution in [-0.2, 0) is 9.59 Å². The van der Waals surface area contributed by atoms with Gasteiger partial charge in [-0.25, -0.2) is 0 Å². The van der Waals surface area contributed by atoms with Gasteiger partial charge in [-0.1, -0.05) is 12.1 Å². The summed E-state index contributed by atoms with van der Waals surface area (Å²) in [6.07, 6.45) is 1.13. The van der Waals surface area contributed by atoms with Crippen LogP contribution in [0.5, 0.6) is 17.2 Å². The lowest BCUT2D eigenvalue weighted by atomic mass is 10.1. The van der Waals surface area contributed by atoms with Crippen LogP contribution in [0.2, 0.25) is 0 Å². The maximum absolute atomic E-state index is 12.9. The van der Waals surface area contributed by atoms with Gasteiger partial charge in [0.05, 0.1) is 12.8 Å². The first-order valence-corrected chi connectivity index (χ1v) is 9.78. The zero-order valence-corrected chi connectivity index (χ0v) is 16.5. The van der Waals surface area contributed by atoms with Gasteiger partial charge >= 0.3 is 0 Å². The second-order valence-corrected chi connectivity index (χ2v) is 7.19. The van der Waals surface area contributed by atoms with Crippen LogP contribution >= 0.6 is 0 Å². The number of amides is 2. The molecule has 2 heterocycles. The van der Waals surface area contributed by atoms with Gasteiger partial charge in [0.25, 0.3) is 5.91 Å². The molecule has 0 saturated carbocycles. The van der Waals surface area contributed by atoms with Gasteiger partial charge in [-0.2, -0.15) is 0 Å². The van der Waals surface area contributed by atoms with Crippen LogP contribution in [0.25, 0.3) is 0 Å². The first kappa shape index (κ1) is 19.1. The number of rotatable bonds is 4. The van der Waals surface area contributed by atoms with E-state index in [1.54, 1.807) is 43.2 Å². The van der Waals surface area contributed by atoms with Crippen molar-refractivity contribution in [3.05, 3.63) is 42.5 Å². The van der Waals surface area contributed by atoms with Gasteiger partial charge in [0.2, 0.25) is 12.0 Å². The molecular weight excluding hydrogens is 372 g/mol. The predicted molar refractivity (Wildman–Crippen MR) is 109 cm³/mol. The average molecular weight is 396 g/mol. The molecule has 1 fully saturated rings. The molecule has 2 aromatic carbocycles. The molecule has 2 amide bonds. The molecule has 0 aromatic heterocycles. The molecule has 2 aliphatic heterocycles. The monoisotopic (exact) mass is 396 g/mol. The minimum atomic E-state index is -0.785. The van der Waals surface area contributed by atoms with Crippen molar-refractivity contribution in [2.45, 2.75) is 38.4 Å². The van der Waals surface area contributed by atoms with E-state index in [0.29, 0.717) is 41.6 Å². The third-order valence-electron chi connectivity index (χ3n) is 5.16. The summed E-state index contributed by atoms with van der Waals surface area (Å²) >= 11 is 0. The fraction of sp³-hybridized carbons (Fsp3) is 0.364. The number of ether oxygens (including phenoxy) is 3. The van der Waals surface area contributed by atoms with Gasteiger partial charge in [-0.3, -0.25) is 9.59 Å². The smallest absolute Gasteiger partial charge is 0.269 e. The largest absolute Gasteiger partial charge is 0.495 e. The van der Waals surface area contributed by atoms with Crippen molar-refractivity contribution < 1.29 is 23.8 Å². The van der Waals surface area contributed by atoms with E-state index >= 15 is 0 Å². The summed E-state index contributed by atoms with van der Waals surface area (Å²) in [4.78, 5) is 26.9. The molecule has 0 spiro atoms. The Kier molecular flexibility index (Phi) is 5.29. The third-order valence-corrected chi connectivity index (χ3v) is 5.16. The number of piperidine rings is 1. The van der Waals surface area contributed by atoms with Crippen molar-refractivity contribution in [3.63, 3.8) is 0 Å². The molecule has 152 valence electrons. The first-order chi connectivity index (χ1) is 14.1. The molecule has 1 saturated heterocycles. The van der Waals surface area contributed by atoms with Crippen LogP contribution in [0.1, 0.15) is 26.2 Å². The maximum atomic E-state index is 12.9. The number of hydrogen-bond acceptors (Lipinski definition) is 5. The van der Waals surface area contributed by atoms with Crippen molar-refractivity contribution >= 4 is 23.2 Å². The second-order valence-electron chi connectivity index (χ2n) is 7.19. The third kappa shape index (κ3) is 3.85. The minimum absolute atomic E-state index is 0.0623. The van der Waals surface area contributed by atoms with Crippen LogP contribution < -0.4 is 24.4 Å². The predicted octanol–water partition coefficient (Wildman–Crippen LogP) is 3.38. The van der Waals surface area contributed by atoms with Crippen LogP contribution in [0, 0.1) is 0 Å². The molecule has 0 bridgehead atoms. The van der Waals surface area contributed by atoms with E-state index in [-0.39, 0.29) is 11.8 Å². The fourth-order valence-corrected chi connectivity index (χ4v) is 3.66. The lowest BCUT2D eigenvalue weighted by Crippen LogP contribution is -2.46. The molecule has 0 radical (unpaired) electrons. The first-order valence-electron chi connectivity index (χ1n) is 9.78. The Labute approximate surface area is 169 Å². The molecule has 0 unspecified atom stereocenters. The Hall–Kier alpha value is -3.22. The van der Waals surface area contributed by atoms with E-state index in [1.165, 1.54) is 0 Å². The Bertz CT molecular complexity index is 929. The van der Waals surface area contributed by atoms with E-state index in [9.17, 15) is 9.59 Å². The molecule has 4 rings (SSSR count). The van der Waals surface area contributed by atoms with E-state index in [2.05, 4.69) is 5.32 Å². The van der Waals surface area contributed by atoms with Crippen molar-refractivity contribution in [1.29, 1.82) is 0 Å². The molecule has 2 aromatic rings. The molecule has 29 heavy (non-hydrogen) atoms. The van der Waals surface area contributed by atoms with Crippen molar-refractivity contribution in [3.8, 4) is 17.2 Å². The molecule has 2 aliphatic rings. The fourth-order valence-electron chi connectivity index (χ4n) is 3.66. The Morgan fingerprint density at radius 1 is 1.14 bits per heavy atom.